The van der Waals surface area contributed by atoms with Crippen molar-refractivity contribution in [2.45, 2.75) is 13.8 Å². The van der Waals surface area contributed by atoms with Crippen molar-refractivity contribution >= 4 is 28.3 Å². The number of furan rings is 1. The number of rotatable bonds is 3. The van der Waals surface area contributed by atoms with Gasteiger partial charge in [-0.1, -0.05) is 0 Å². The Morgan fingerprint density at radius 3 is 2.67 bits per heavy atom. The maximum Gasteiger partial charge on any atom is 0.268 e. The number of nitrogens with two attached hydrogens (primary N) is 1. The predicted octanol–water partition coefficient (Wildman–Crippen LogP) is 1.70. The molecule has 2 aromatic heterocycles. The molecule has 0 saturated carbocycles. The fourth-order valence-electron chi connectivity index (χ4n) is 1.47. The molecule has 0 bridgehead atoms. The number of nitrogens with one attached hydrogen (secondary N) is 1. The second-order valence-electron chi connectivity index (χ2n) is 3.68. The van der Waals surface area contributed by atoms with Gasteiger partial charge in [0.25, 0.3) is 11.8 Å². The summed E-state index contributed by atoms with van der Waals surface area (Å²) in [5, 5.41) is 4.41. The lowest BCUT2D eigenvalue weighted by Crippen LogP contribution is -2.14. The first kappa shape index (κ1) is 12.3. The molecule has 0 saturated heterocycles. The Hall–Kier alpha value is -2.15. The van der Waals surface area contributed by atoms with Gasteiger partial charge >= 0.3 is 0 Å². The van der Waals surface area contributed by atoms with E-state index in [0.717, 1.165) is 11.3 Å². The fraction of sp³-hybridized carbons (Fsp3) is 0.182. The number of thiazole rings is 1. The molecule has 0 aliphatic heterocycles. The van der Waals surface area contributed by atoms with Crippen LogP contribution in [0.4, 0.5) is 5.13 Å². The first-order valence-electron chi connectivity index (χ1n) is 5.11. The molecule has 2 rings (SSSR count). The van der Waals surface area contributed by atoms with Gasteiger partial charge in [0.2, 0.25) is 0 Å². The van der Waals surface area contributed by atoms with Gasteiger partial charge in [0.05, 0.1) is 5.56 Å². The van der Waals surface area contributed by atoms with Crippen molar-refractivity contribution in [2.24, 2.45) is 5.73 Å². The number of nitrogens with zero attached hydrogens (tertiary/aromatic N) is 1. The molecule has 0 radical (unpaired) electrons. The van der Waals surface area contributed by atoms with Gasteiger partial charge in [0, 0.05) is 5.38 Å². The third kappa shape index (κ3) is 2.40. The molecule has 0 atom stereocenters. The summed E-state index contributed by atoms with van der Waals surface area (Å²) in [4.78, 5) is 26.7. The largest absolute Gasteiger partial charge is 0.466 e. The fourth-order valence-corrected chi connectivity index (χ4v) is 2.16. The molecule has 7 heteroatoms. The van der Waals surface area contributed by atoms with E-state index in [9.17, 15) is 9.59 Å². The molecule has 18 heavy (non-hydrogen) atoms. The van der Waals surface area contributed by atoms with Crippen molar-refractivity contribution in [3.05, 3.63) is 34.2 Å². The average Bonchev–Trinajstić information content (AvgIpc) is 2.85. The lowest BCUT2D eigenvalue weighted by Gasteiger charge is -1.98. The molecule has 94 valence electrons. The van der Waals surface area contributed by atoms with Gasteiger partial charge in [0.15, 0.2) is 5.13 Å². The second kappa shape index (κ2) is 4.61. The van der Waals surface area contributed by atoms with Crippen LogP contribution in [0, 0.1) is 13.8 Å². The Bertz CT molecular complexity index is 615. The van der Waals surface area contributed by atoms with E-state index in [-0.39, 0.29) is 11.6 Å². The predicted molar refractivity (Wildman–Crippen MR) is 66.8 cm³/mol. The quantitative estimate of drug-likeness (QED) is 0.882. The Morgan fingerprint density at radius 1 is 1.44 bits per heavy atom. The normalized spacial score (nSPS) is 10.3. The summed E-state index contributed by atoms with van der Waals surface area (Å²) in [5.74, 6) is 0.253. The highest BCUT2D eigenvalue weighted by molar-refractivity contribution is 7.14. The van der Waals surface area contributed by atoms with Crippen molar-refractivity contribution < 1.29 is 14.0 Å². The van der Waals surface area contributed by atoms with Crippen LogP contribution in [0.2, 0.25) is 0 Å². The summed E-state index contributed by atoms with van der Waals surface area (Å²) in [7, 11) is 0. The highest BCUT2D eigenvalue weighted by Crippen LogP contribution is 2.19. The number of carbonyl (C=O) groups excluding carboxylic acids is 2. The van der Waals surface area contributed by atoms with E-state index < -0.39 is 5.91 Å². The Kier molecular flexibility index (Phi) is 3.15. The molecule has 3 N–H and O–H groups in total. The monoisotopic (exact) mass is 265 g/mol. The molecule has 2 heterocycles. The summed E-state index contributed by atoms with van der Waals surface area (Å²) < 4.78 is 5.26. The molecular weight excluding hydrogens is 254 g/mol. The number of primary amides is 1. The van der Waals surface area contributed by atoms with E-state index in [2.05, 4.69) is 10.3 Å². The minimum atomic E-state index is -0.623. The average molecular weight is 265 g/mol. The minimum Gasteiger partial charge on any atom is -0.466 e. The number of hydrogen-bond acceptors (Lipinski definition) is 5. The topological polar surface area (TPSA) is 98.2 Å². The van der Waals surface area contributed by atoms with Crippen molar-refractivity contribution in [2.75, 3.05) is 5.32 Å². The zero-order valence-corrected chi connectivity index (χ0v) is 10.6. The summed E-state index contributed by atoms with van der Waals surface area (Å²) in [6.07, 6.45) is 0. The SMILES string of the molecule is Cc1cc(C(=O)Nc2nc(C(N)=O)cs2)c(C)o1. The van der Waals surface area contributed by atoms with Gasteiger partial charge in [-0.2, -0.15) is 0 Å². The van der Waals surface area contributed by atoms with Gasteiger partial charge < -0.3 is 10.2 Å². The number of carbonyl (C=O) groups is 2. The third-order valence-electron chi connectivity index (χ3n) is 2.26. The van der Waals surface area contributed by atoms with Crippen LogP contribution < -0.4 is 11.1 Å². The first-order valence-corrected chi connectivity index (χ1v) is 5.99. The Labute approximate surface area is 107 Å². The zero-order chi connectivity index (χ0) is 13.3. The molecule has 0 aliphatic rings. The second-order valence-corrected chi connectivity index (χ2v) is 4.54. The van der Waals surface area contributed by atoms with Crippen molar-refractivity contribution in [1.82, 2.24) is 4.98 Å². The Morgan fingerprint density at radius 2 is 2.17 bits per heavy atom. The number of aromatic nitrogens is 1. The summed E-state index contributed by atoms with van der Waals surface area (Å²) in [5.41, 5.74) is 5.66. The van der Waals surface area contributed by atoms with Crippen molar-refractivity contribution in [1.29, 1.82) is 0 Å². The number of amides is 2. The van der Waals surface area contributed by atoms with Gasteiger partial charge in [-0.15, -0.1) is 11.3 Å². The molecule has 2 aromatic rings. The van der Waals surface area contributed by atoms with E-state index in [1.54, 1.807) is 19.9 Å². The van der Waals surface area contributed by atoms with Crippen LogP contribution in [0.1, 0.15) is 32.4 Å². The number of hydrogen-bond donors (Lipinski definition) is 2. The highest BCUT2D eigenvalue weighted by Gasteiger charge is 2.15. The van der Waals surface area contributed by atoms with Gasteiger partial charge in [-0.25, -0.2) is 4.98 Å². The van der Waals surface area contributed by atoms with Crippen LogP contribution >= 0.6 is 11.3 Å². The minimum absolute atomic E-state index is 0.135. The van der Waals surface area contributed by atoms with Crippen LogP contribution in [0.3, 0.4) is 0 Å². The summed E-state index contributed by atoms with van der Waals surface area (Å²) >= 11 is 1.14. The van der Waals surface area contributed by atoms with E-state index in [0.29, 0.717) is 22.2 Å². The molecule has 0 aromatic carbocycles. The smallest absolute Gasteiger partial charge is 0.268 e. The van der Waals surface area contributed by atoms with Crippen molar-refractivity contribution in [3.63, 3.8) is 0 Å². The molecule has 2 amide bonds. The van der Waals surface area contributed by atoms with Crippen LogP contribution in [0.25, 0.3) is 0 Å². The molecule has 0 spiro atoms. The third-order valence-corrected chi connectivity index (χ3v) is 3.02. The van der Waals surface area contributed by atoms with Gasteiger partial charge in [-0.3, -0.25) is 14.9 Å². The van der Waals surface area contributed by atoms with E-state index in [1.807, 2.05) is 0 Å². The van der Waals surface area contributed by atoms with E-state index in [4.69, 9.17) is 10.2 Å². The molecule has 0 fully saturated rings. The molecule has 0 aliphatic carbocycles. The summed E-state index contributed by atoms with van der Waals surface area (Å²) in [6, 6.07) is 1.65. The van der Waals surface area contributed by atoms with Gasteiger partial charge in [-0.05, 0) is 19.9 Å². The van der Waals surface area contributed by atoms with Crippen molar-refractivity contribution in [3.8, 4) is 0 Å². The number of aryl methyl sites for hydroxylation is 2. The van der Waals surface area contributed by atoms with Crippen LogP contribution in [0.15, 0.2) is 15.9 Å². The van der Waals surface area contributed by atoms with Gasteiger partial charge in [0.1, 0.15) is 17.2 Å². The standard InChI is InChI=1S/C11H11N3O3S/c1-5-3-7(6(2)17-5)10(16)14-11-13-8(4-18-11)9(12)15/h3-4H,1-2H3,(H2,12,15)(H,13,14,16). The molecule has 6 nitrogen and oxygen atoms in total. The zero-order valence-electron chi connectivity index (χ0n) is 9.81. The molecule has 0 unspecified atom stereocenters. The summed E-state index contributed by atoms with van der Waals surface area (Å²) in [6.45, 7) is 3.47. The maximum atomic E-state index is 11.9. The Balaban J connectivity index is 2.16. The van der Waals surface area contributed by atoms with Crippen LogP contribution in [-0.2, 0) is 0 Å². The molecular formula is C11H11N3O3S. The lowest BCUT2D eigenvalue weighted by atomic mass is 10.2. The van der Waals surface area contributed by atoms with Crippen LogP contribution in [0.5, 0.6) is 0 Å². The van der Waals surface area contributed by atoms with Crippen LogP contribution in [-0.4, -0.2) is 16.8 Å². The van der Waals surface area contributed by atoms with E-state index >= 15 is 0 Å². The van der Waals surface area contributed by atoms with E-state index in [1.165, 1.54) is 5.38 Å². The number of anilines is 1. The maximum absolute atomic E-state index is 11.9. The first-order chi connectivity index (χ1) is 8.47. The highest BCUT2D eigenvalue weighted by atomic mass is 32.1. The lowest BCUT2D eigenvalue weighted by molar-refractivity contribution is 0.0992.